The van der Waals surface area contributed by atoms with Gasteiger partial charge in [0, 0.05) is 43.4 Å². The van der Waals surface area contributed by atoms with Gasteiger partial charge in [-0.1, -0.05) is 37.3 Å². The molecule has 3 heterocycles. The van der Waals surface area contributed by atoms with Crippen molar-refractivity contribution in [2.24, 2.45) is 0 Å². The van der Waals surface area contributed by atoms with Crippen LogP contribution in [-0.4, -0.2) is 63.0 Å². The molecule has 0 unspecified atom stereocenters. The molecule has 140 valence electrons. The van der Waals surface area contributed by atoms with E-state index in [2.05, 4.69) is 4.98 Å². The van der Waals surface area contributed by atoms with Gasteiger partial charge in [0.1, 0.15) is 0 Å². The third-order valence-electron chi connectivity index (χ3n) is 5.85. The molecule has 0 bridgehead atoms. The van der Waals surface area contributed by atoms with E-state index in [-0.39, 0.29) is 30.4 Å². The molecule has 2 saturated heterocycles. The number of hydrogen-bond donors (Lipinski definition) is 1. The van der Waals surface area contributed by atoms with Gasteiger partial charge in [-0.2, -0.15) is 0 Å². The molecule has 6 nitrogen and oxygen atoms in total. The molecule has 1 aromatic heterocycles. The third kappa shape index (κ3) is 2.63. The van der Waals surface area contributed by atoms with Crippen molar-refractivity contribution in [3.63, 3.8) is 0 Å². The fraction of sp³-hybridized carbons (Fsp3) is 0.381. The number of carbonyl (C=O) groups is 2. The van der Waals surface area contributed by atoms with E-state index < -0.39 is 5.54 Å². The van der Waals surface area contributed by atoms with E-state index in [0.717, 1.165) is 5.56 Å². The molecular weight excluding hydrogens is 342 g/mol. The standard InChI is InChI=1S/C21H23N3O3/c1-2-18(26)23-13-21(14-23)19(15-6-4-3-5-7-15)17(12-25)24(21)20(27)16-8-10-22-11-9-16/h3-11,17,19,25H,2,12-14H2,1H3/t17-,19+/m0/s1. The maximum Gasteiger partial charge on any atom is 0.254 e. The van der Waals surface area contributed by atoms with Crippen molar-refractivity contribution in [2.75, 3.05) is 19.7 Å². The molecule has 4 rings (SSSR count). The second-order valence-electron chi connectivity index (χ2n) is 7.26. The SMILES string of the molecule is CCC(=O)N1CC2(C1)[C@H](c1ccccc1)[C@H](CO)N2C(=O)c1ccncc1. The van der Waals surface area contributed by atoms with Crippen LogP contribution < -0.4 is 0 Å². The average molecular weight is 365 g/mol. The normalized spacial score (nSPS) is 22.9. The van der Waals surface area contributed by atoms with E-state index in [1.165, 1.54) is 0 Å². The van der Waals surface area contributed by atoms with Crippen LogP contribution >= 0.6 is 0 Å². The number of rotatable bonds is 4. The molecule has 2 aliphatic heterocycles. The predicted molar refractivity (Wildman–Crippen MR) is 100 cm³/mol. The maximum absolute atomic E-state index is 13.2. The maximum atomic E-state index is 13.2. The zero-order valence-corrected chi connectivity index (χ0v) is 15.3. The number of aliphatic hydroxyl groups excluding tert-OH is 1. The van der Waals surface area contributed by atoms with Crippen molar-refractivity contribution in [1.82, 2.24) is 14.8 Å². The first kappa shape index (κ1) is 17.7. The first-order valence-electron chi connectivity index (χ1n) is 9.29. The van der Waals surface area contributed by atoms with Gasteiger partial charge in [0.2, 0.25) is 5.91 Å². The van der Waals surface area contributed by atoms with Gasteiger partial charge in [0.05, 0.1) is 18.2 Å². The molecule has 2 fully saturated rings. The van der Waals surface area contributed by atoms with Crippen molar-refractivity contribution >= 4 is 11.8 Å². The van der Waals surface area contributed by atoms with Gasteiger partial charge >= 0.3 is 0 Å². The summed E-state index contributed by atoms with van der Waals surface area (Å²) in [6.07, 6.45) is 3.64. The lowest BCUT2D eigenvalue weighted by Crippen LogP contribution is -2.85. The Kier molecular flexibility index (Phi) is 4.44. The van der Waals surface area contributed by atoms with Crippen LogP contribution in [0.1, 0.15) is 35.2 Å². The van der Waals surface area contributed by atoms with Crippen molar-refractivity contribution in [1.29, 1.82) is 0 Å². The topological polar surface area (TPSA) is 73.7 Å². The predicted octanol–water partition coefficient (Wildman–Crippen LogP) is 1.67. The number of benzene rings is 1. The Morgan fingerprint density at radius 3 is 2.41 bits per heavy atom. The molecule has 0 saturated carbocycles. The van der Waals surface area contributed by atoms with Crippen molar-refractivity contribution in [2.45, 2.75) is 30.8 Å². The van der Waals surface area contributed by atoms with Crippen LogP contribution in [0.3, 0.4) is 0 Å². The van der Waals surface area contributed by atoms with Crippen LogP contribution in [-0.2, 0) is 4.79 Å². The van der Waals surface area contributed by atoms with Crippen molar-refractivity contribution in [3.8, 4) is 0 Å². The minimum absolute atomic E-state index is 0.00962. The molecule has 2 aliphatic rings. The third-order valence-corrected chi connectivity index (χ3v) is 5.85. The van der Waals surface area contributed by atoms with Crippen LogP contribution in [0.4, 0.5) is 0 Å². The van der Waals surface area contributed by atoms with Gasteiger partial charge < -0.3 is 14.9 Å². The van der Waals surface area contributed by atoms with Gasteiger partial charge in [0.25, 0.3) is 5.91 Å². The van der Waals surface area contributed by atoms with E-state index in [9.17, 15) is 14.7 Å². The number of aromatic nitrogens is 1. The highest BCUT2D eigenvalue weighted by Gasteiger charge is 2.67. The molecule has 0 radical (unpaired) electrons. The van der Waals surface area contributed by atoms with E-state index in [1.807, 2.05) is 37.3 Å². The molecule has 6 heteroatoms. The van der Waals surface area contributed by atoms with Gasteiger partial charge in [-0.15, -0.1) is 0 Å². The molecule has 2 aromatic rings. The molecule has 27 heavy (non-hydrogen) atoms. The number of aliphatic hydroxyl groups is 1. The van der Waals surface area contributed by atoms with Gasteiger partial charge in [-0.25, -0.2) is 0 Å². The fourth-order valence-corrected chi connectivity index (χ4v) is 4.64. The van der Waals surface area contributed by atoms with Gasteiger partial charge in [-0.05, 0) is 17.7 Å². The Labute approximate surface area is 158 Å². The number of likely N-dealkylation sites (tertiary alicyclic amines) is 2. The van der Waals surface area contributed by atoms with Gasteiger partial charge in [-0.3, -0.25) is 14.6 Å². The smallest absolute Gasteiger partial charge is 0.254 e. The van der Waals surface area contributed by atoms with Crippen LogP contribution in [0.2, 0.25) is 0 Å². The molecule has 1 aromatic carbocycles. The average Bonchev–Trinajstić information content (AvgIpc) is 2.67. The molecule has 1 spiro atoms. The minimum atomic E-state index is -0.458. The summed E-state index contributed by atoms with van der Waals surface area (Å²) in [5.41, 5.74) is 1.19. The summed E-state index contributed by atoms with van der Waals surface area (Å²) in [6.45, 7) is 2.75. The Balaban J connectivity index is 1.69. The highest BCUT2D eigenvalue weighted by atomic mass is 16.3. The van der Waals surface area contributed by atoms with Crippen molar-refractivity contribution < 1.29 is 14.7 Å². The van der Waals surface area contributed by atoms with Crippen LogP contribution in [0, 0.1) is 0 Å². The minimum Gasteiger partial charge on any atom is -0.394 e. The first-order valence-corrected chi connectivity index (χ1v) is 9.29. The zero-order valence-electron chi connectivity index (χ0n) is 15.3. The Morgan fingerprint density at radius 2 is 1.81 bits per heavy atom. The highest BCUT2D eigenvalue weighted by molar-refractivity contribution is 5.96. The van der Waals surface area contributed by atoms with Crippen LogP contribution in [0.15, 0.2) is 54.9 Å². The van der Waals surface area contributed by atoms with Gasteiger partial charge in [0.15, 0.2) is 0 Å². The van der Waals surface area contributed by atoms with E-state index in [0.29, 0.717) is 25.1 Å². The summed E-state index contributed by atoms with van der Waals surface area (Å²) in [5.74, 6) is -0.0150. The number of hydrogen-bond acceptors (Lipinski definition) is 4. The van der Waals surface area contributed by atoms with Crippen LogP contribution in [0.25, 0.3) is 0 Å². The first-order chi connectivity index (χ1) is 13.1. The highest BCUT2D eigenvalue weighted by Crippen LogP contribution is 2.54. The summed E-state index contributed by atoms with van der Waals surface area (Å²) in [7, 11) is 0. The lowest BCUT2D eigenvalue weighted by molar-refractivity contribution is -0.178. The lowest BCUT2D eigenvalue weighted by Gasteiger charge is -2.70. The second-order valence-corrected chi connectivity index (χ2v) is 7.26. The lowest BCUT2D eigenvalue weighted by atomic mass is 9.60. The number of carbonyl (C=O) groups excluding carboxylic acids is 2. The Bertz CT molecular complexity index is 834. The zero-order chi connectivity index (χ0) is 19.0. The largest absolute Gasteiger partial charge is 0.394 e. The van der Waals surface area contributed by atoms with E-state index >= 15 is 0 Å². The Morgan fingerprint density at radius 1 is 1.15 bits per heavy atom. The van der Waals surface area contributed by atoms with E-state index in [1.54, 1.807) is 34.3 Å². The number of amides is 2. The number of nitrogens with zero attached hydrogens (tertiary/aromatic N) is 3. The molecule has 0 aliphatic carbocycles. The summed E-state index contributed by atoms with van der Waals surface area (Å²) in [4.78, 5) is 32.9. The molecular formula is C21H23N3O3. The summed E-state index contributed by atoms with van der Waals surface area (Å²) in [6, 6.07) is 13.0. The fourth-order valence-electron chi connectivity index (χ4n) is 4.64. The summed E-state index contributed by atoms with van der Waals surface area (Å²) in [5, 5.41) is 10.1. The Hall–Kier alpha value is -2.73. The van der Waals surface area contributed by atoms with E-state index in [4.69, 9.17) is 0 Å². The molecule has 1 N–H and O–H groups in total. The summed E-state index contributed by atoms with van der Waals surface area (Å²) < 4.78 is 0. The molecule has 2 amide bonds. The quantitative estimate of drug-likeness (QED) is 0.895. The number of pyridine rings is 1. The second kappa shape index (κ2) is 6.78. The monoisotopic (exact) mass is 365 g/mol. The summed E-state index contributed by atoms with van der Waals surface area (Å²) >= 11 is 0. The molecule has 2 atom stereocenters. The van der Waals surface area contributed by atoms with Crippen LogP contribution in [0.5, 0.6) is 0 Å². The van der Waals surface area contributed by atoms with Crippen molar-refractivity contribution in [3.05, 3.63) is 66.0 Å².